The Morgan fingerprint density at radius 1 is 1.20 bits per heavy atom. The number of imidazole rings is 1. The van der Waals surface area contributed by atoms with Gasteiger partial charge in [0.25, 0.3) is 5.91 Å². The van der Waals surface area contributed by atoms with Gasteiger partial charge in [-0.2, -0.15) is 0 Å². The van der Waals surface area contributed by atoms with E-state index in [-0.39, 0.29) is 34.6 Å². The summed E-state index contributed by atoms with van der Waals surface area (Å²) in [7, 11) is -3.43. The van der Waals surface area contributed by atoms with Crippen LogP contribution in [0.2, 0.25) is 0 Å². The molecule has 0 bridgehead atoms. The molecule has 1 aliphatic carbocycles. The van der Waals surface area contributed by atoms with Gasteiger partial charge >= 0.3 is 6.29 Å². The van der Waals surface area contributed by atoms with Gasteiger partial charge in [0.2, 0.25) is 0 Å². The number of pyridine rings is 1. The van der Waals surface area contributed by atoms with Crippen LogP contribution in [0.25, 0.3) is 11.0 Å². The molecule has 41 heavy (non-hydrogen) atoms. The molecule has 2 aromatic heterocycles. The van der Waals surface area contributed by atoms with Crippen molar-refractivity contribution >= 4 is 26.8 Å². The van der Waals surface area contributed by atoms with Gasteiger partial charge in [-0.15, -0.1) is 8.78 Å². The Kier molecular flexibility index (Phi) is 6.65. The predicted octanol–water partition coefficient (Wildman–Crippen LogP) is 3.94. The Morgan fingerprint density at radius 3 is 2.68 bits per heavy atom. The molecule has 0 saturated heterocycles. The zero-order valence-corrected chi connectivity index (χ0v) is 22.7. The van der Waals surface area contributed by atoms with Crippen LogP contribution in [-0.4, -0.2) is 52.6 Å². The van der Waals surface area contributed by atoms with Crippen molar-refractivity contribution in [1.82, 2.24) is 19.9 Å². The van der Waals surface area contributed by atoms with E-state index < -0.39 is 34.7 Å². The van der Waals surface area contributed by atoms with E-state index in [4.69, 9.17) is 9.72 Å². The summed E-state index contributed by atoms with van der Waals surface area (Å²) in [4.78, 5) is 22.1. The highest BCUT2D eigenvalue weighted by Crippen LogP contribution is 2.45. The molecule has 1 aliphatic heterocycles. The molecule has 13 heteroatoms. The number of carbonyl (C=O) groups excluding carboxylic acids is 1. The largest absolute Gasteiger partial charge is 0.586 e. The van der Waals surface area contributed by atoms with Crippen molar-refractivity contribution in [3.63, 3.8) is 0 Å². The van der Waals surface area contributed by atoms with E-state index in [1.54, 1.807) is 30.3 Å². The molecule has 1 atom stereocenters. The SMILES string of the molecule is CCS(=O)(=O)c1ccc([C@H](CO)NC(=O)c2ccc3c(c2)nc(C2CC2)n3Cc2cccc3c2OC(F)(F)O3)nc1. The molecule has 6 rings (SSSR count). The third kappa shape index (κ3) is 5.22. The number of benzene rings is 2. The fourth-order valence-electron chi connectivity index (χ4n) is 4.83. The molecular weight excluding hydrogens is 558 g/mol. The molecule has 2 N–H and O–H groups in total. The van der Waals surface area contributed by atoms with Gasteiger partial charge in [-0.3, -0.25) is 9.78 Å². The van der Waals surface area contributed by atoms with Gasteiger partial charge in [-0.05, 0) is 49.2 Å². The van der Waals surface area contributed by atoms with E-state index >= 15 is 0 Å². The van der Waals surface area contributed by atoms with Crippen molar-refractivity contribution in [2.24, 2.45) is 0 Å². The zero-order valence-electron chi connectivity index (χ0n) is 21.9. The summed E-state index contributed by atoms with van der Waals surface area (Å²) in [6, 6.07) is 11.7. The Morgan fingerprint density at radius 2 is 2.00 bits per heavy atom. The van der Waals surface area contributed by atoms with E-state index in [0.29, 0.717) is 22.3 Å². The number of aliphatic hydroxyl groups excluding tert-OH is 1. The number of carbonyl (C=O) groups is 1. The first-order valence-corrected chi connectivity index (χ1v) is 14.7. The third-order valence-electron chi connectivity index (χ3n) is 7.16. The topological polar surface area (TPSA) is 133 Å². The molecule has 0 unspecified atom stereocenters. The molecule has 2 aliphatic rings. The maximum absolute atomic E-state index is 13.7. The van der Waals surface area contributed by atoms with E-state index in [1.165, 1.54) is 31.3 Å². The van der Waals surface area contributed by atoms with Crippen LogP contribution in [0.3, 0.4) is 0 Å². The van der Waals surface area contributed by atoms with Gasteiger partial charge in [-0.1, -0.05) is 19.1 Å². The lowest BCUT2D eigenvalue weighted by atomic mass is 10.1. The Balaban J connectivity index is 1.26. The van der Waals surface area contributed by atoms with Crippen molar-refractivity contribution in [3.8, 4) is 11.5 Å². The number of hydrogen-bond donors (Lipinski definition) is 2. The second kappa shape index (κ2) is 10.1. The van der Waals surface area contributed by atoms with Crippen LogP contribution in [0, 0.1) is 0 Å². The number of hydrogen-bond acceptors (Lipinski definition) is 8. The molecule has 10 nitrogen and oxygen atoms in total. The molecule has 0 spiro atoms. The van der Waals surface area contributed by atoms with Crippen LogP contribution in [0.4, 0.5) is 8.78 Å². The summed E-state index contributed by atoms with van der Waals surface area (Å²) in [6.07, 6.45) is -0.620. The van der Waals surface area contributed by atoms with Crippen molar-refractivity contribution in [2.75, 3.05) is 12.4 Å². The molecule has 3 heterocycles. The number of rotatable bonds is 9. The van der Waals surface area contributed by atoms with Crippen LogP contribution in [0.15, 0.2) is 59.6 Å². The number of nitrogens with zero attached hydrogens (tertiary/aromatic N) is 3. The van der Waals surface area contributed by atoms with Gasteiger partial charge < -0.3 is 24.5 Å². The van der Waals surface area contributed by atoms with Gasteiger partial charge in [0.15, 0.2) is 21.3 Å². The molecule has 1 fully saturated rings. The molecule has 1 amide bonds. The highest BCUT2D eigenvalue weighted by molar-refractivity contribution is 7.91. The summed E-state index contributed by atoms with van der Waals surface area (Å²) in [6.45, 7) is 1.30. The molecule has 1 saturated carbocycles. The van der Waals surface area contributed by atoms with Crippen LogP contribution in [0.5, 0.6) is 11.5 Å². The summed E-state index contributed by atoms with van der Waals surface area (Å²) in [5.41, 5.74) is 2.40. The summed E-state index contributed by atoms with van der Waals surface area (Å²) >= 11 is 0. The first-order valence-electron chi connectivity index (χ1n) is 13.1. The summed E-state index contributed by atoms with van der Waals surface area (Å²) in [5.74, 6) is 0.425. The number of alkyl halides is 2. The quantitative estimate of drug-likeness (QED) is 0.302. The van der Waals surface area contributed by atoms with Crippen LogP contribution in [0.1, 0.15) is 59.2 Å². The van der Waals surface area contributed by atoms with Gasteiger partial charge in [0, 0.05) is 23.2 Å². The Labute approximate surface area is 233 Å². The standard InChI is InChI=1S/C28H26F2N4O6S/c1-2-41(37,38)19-9-10-20(31-13-19)22(15-35)33-27(36)17-8-11-23-21(12-17)32-26(16-6-7-16)34(23)14-18-4-3-5-24-25(18)40-28(29,30)39-24/h3-5,8-13,16,22,35H,2,6-7,14-15H2,1H3,(H,33,36)/t22-/m0/s1. The van der Waals surface area contributed by atoms with Crippen molar-refractivity contribution in [2.45, 2.75) is 49.5 Å². The lowest BCUT2D eigenvalue weighted by Gasteiger charge is -2.16. The van der Waals surface area contributed by atoms with E-state index in [2.05, 4.69) is 15.0 Å². The van der Waals surface area contributed by atoms with E-state index in [0.717, 1.165) is 24.2 Å². The number of sulfone groups is 1. The maximum Gasteiger partial charge on any atom is 0.586 e. The minimum Gasteiger partial charge on any atom is -0.395 e. The minimum absolute atomic E-state index is 0.0129. The number of nitrogens with one attached hydrogen (secondary N) is 1. The third-order valence-corrected chi connectivity index (χ3v) is 8.88. The van der Waals surface area contributed by atoms with Gasteiger partial charge in [0.1, 0.15) is 5.82 Å². The average molecular weight is 585 g/mol. The number of fused-ring (bicyclic) bond motifs is 2. The summed E-state index contributed by atoms with van der Waals surface area (Å²) < 4.78 is 62.9. The van der Waals surface area contributed by atoms with E-state index in [1.807, 2.05) is 4.57 Å². The fourth-order valence-corrected chi connectivity index (χ4v) is 5.65. The normalized spacial score (nSPS) is 16.6. The number of aliphatic hydroxyl groups is 1. The lowest BCUT2D eigenvalue weighted by molar-refractivity contribution is -0.286. The molecule has 2 aromatic carbocycles. The molecule has 0 radical (unpaired) electrons. The number of halogens is 2. The van der Waals surface area contributed by atoms with Crippen molar-refractivity contribution < 1.29 is 36.6 Å². The number of ether oxygens (including phenoxy) is 2. The predicted molar refractivity (Wildman–Crippen MR) is 143 cm³/mol. The van der Waals surface area contributed by atoms with Crippen molar-refractivity contribution in [3.05, 3.63) is 77.4 Å². The number of amides is 1. The van der Waals surface area contributed by atoms with Crippen LogP contribution < -0.4 is 14.8 Å². The van der Waals surface area contributed by atoms with Crippen LogP contribution >= 0.6 is 0 Å². The first kappa shape index (κ1) is 27.1. The highest BCUT2D eigenvalue weighted by atomic mass is 32.2. The monoisotopic (exact) mass is 584 g/mol. The van der Waals surface area contributed by atoms with E-state index in [9.17, 15) is 27.1 Å². The van der Waals surface area contributed by atoms with Gasteiger partial charge in [0.05, 0.1) is 46.6 Å². The number of para-hydroxylation sites is 1. The zero-order chi connectivity index (χ0) is 28.9. The molecule has 214 valence electrons. The minimum atomic E-state index is -3.73. The molecular formula is C28H26F2N4O6S. The lowest BCUT2D eigenvalue weighted by Crippen LogP contribution is -2.31. The summed E-state index contributed by atoms with van der Waals surface area (Å²) in [5, 5.41) is 12.6. The highest BCUT2D eigenvalue weighted by Gasteiger charge is 2.44. The van der Waals surface area contributed by atoms with Crippen LogP contribution in [-0.2, 0) is 16.4 Å². The van der Waals surface area contributed by atoms with Crippen molar-refractivity contribution in [1.29, 1.82) is 0 Å². The smallest absolute Gasteiger partial charge is 0.395 e. The second-order valence-electron chi connectivity index (χ2n) is 9.98. The first-order chi connectivity index (χ1) is 19.6. The van der Waals surface area contributed by atoms with Gasteiger partial charge in [-0.25, -0.2) is 13.4 Å². The average Bonchev–Trinajstić information content (AvgIpc) is 3.67. The molecule has 4 aromatic rings. The fraction of sp³-hybridized carbons (Fsp3) is 0.321. The Hall–Kier alpha value is -4.10. The second-order valence-corrected chi connectivity index (χ2v) is 12.3. The number of aromatic nitrogens is 3. The maximum atomic E-state index is 13.7. The Bertz CT molecular complexity index is 1750.